The van der Waals surface area contributed by atoms with Gasteiger partial charge in [0.05, 0.1) is 11.9 Å². The van der Waals surface area contributed by atoms with E-state index >= 15 is 0 Å². The SMILES string of the molecule is CCC(=O)Nc1ccc(NCc2ccccc2Cl)cn1. The highest BCUT2D eigenvalue weighted by atomic mass is 35.5. The summed E-state index contributed by atoms with van der Waals surface area (Å²) in [5, 5.41) is 6.68. The van der Waals surface area contributed by atoms with E-state index < -0.39 is 0 Å². The quantitative estimate of drug-likeness (QED) is 0.882. The Morgan fingerprint density at radius 1 is 1.25 bits per heavy atom. The summed E-state index contributed by atoms with van der Waals surface area (Å²) in [7, 11) is 0. The Morgan fingerprint density at radius 2 is 2.05 bits per heavy atom. The zero-order valence-electron chi connectivity index (χ0n) is 11.2. The molecular formula is C15H16ClN3O. The smallest absolute Gasteiger partial charge is 0.225 e. The minimum Gasteiger partial charge on any atom is -0.380 e. The summed E-state index contributed by atoms with van der Waals surface area (Å²) >= 11 is 6.09. The fourth-order valence-corrected chi connectivity index (χ4v) is 1.85. The number of nitrogens with zero attached hydrogens (tertiary/aromatic N) is 1. The molecule has 2 aromatic rings. The van der Waals surface area contributed by atoms with E-state index in [1.54, 1.807) is 19.2 Å². The zero-order chi connectivity index (χ0) is 14.4. The Kier molecular flexibility index (Phi) is 4.96. The number of halogens is 1. The number of benzene rings is 1. The molecular weight excluding hydrogens is 274 g/mol. The van der Waals surface area contributed by atoms with Crippen molar-refractivity contribution in [1.29, 1.82) is 0 Å². The van der Waals surface area contributed by atoms with Crippen LogP contribution in [0.25, 0.3) is 0 Å². The first-order valence-corrected chi connectivity index (χ1v) is 6.80. The van der Waals surface area contributed by atoms with E-state index in [2.05, 4.69) is 15.6 Å². The lowest BCUT2D eigenvalue weighted by Gasteiger charge is -2.08. The number of anilines is 2. The fraction of sp³-hybridized carbons (Fsp3) is 0.200. The topological polar surface area (TPSA) is 54.0 Å². The molecule has 1 aromatic carbocycles. The Hall–Kier alpha value is -2.07. The third-order valence-electron chi connectivity index (χ3n) is 2.79. The molecule has 0 spiro atoms. The van der Waals surface area contributed by atoms with Crippen molar-refractivity contribution in [2.24, 2.45) is 0 Å². The molecule has 20 heavy (non-hydrogen) atoms. The highest BCUT2D eigenvalue weighted by Crippen LogP contribution is 2.17. The second kappa shape index (κ2) is 6.91. The van der Waals surface area contributed by atoms with Crippen molar-refractivity contribution in [3.63, 3.8) is 0 Å². The molecule has 4 nitrogen and oxygen atoms in total. The Bertz CT molecular complexity index is 584. The monoisotopic (exact) mass is 289 g/mol. The summed E-state index contributed by atoms with van der Waals surface area (Å²) in [6.45, 7) is 2.43. The lowest BCUT2D eigenvalue weighted by molar-refractivity contribution is -0.115. The highest BCUT2D eigenvalue weighted by molar-refractivity contribution is 6.31. The predicted molar refractivity (Wildman–Crippen MR) is 81.9 cm³/mol. The molecule has 2 N–H and O–H groups in total. The van der Waals surface area contributed by atoms with Crippen LogP contribution in [0.5, 0.6) is 0 Å². The molecule has 0 radical (unpaired) electrons. The van der Waals surface area contributed by atoms with Crippen LogP contribution < -0.4 is 10.6 Å². The maximum absolute atomic E-state index is 11.2. The first-order chi connectivity index (χ1) is 9.69. The van der Waals surface area contributed by atoms with Crippen LogP contribution in [0.3, 0.4) is 0 Å². The van der Waals surface area contributed by atoms with E-state index in [4.69, 9.17) is 11.6 Å². The van der Waals surface area contributed by atoms with Crippen LogP contribution in [0, 0.1) is 0 Å². The normalized spacial score (nSPS) is 10.1. The number of amides is 1. The number of nitrogens with one attached hydrogen (secondary N) is 2. The fourth-order valence-electron chi connectivity index (χ4n) is 1.64. The van der Waals surface area contributed by atoms with Crippen molar-refractivity contribution in [2.45, 2.75) is 19.9 Å². The maximum Gasteiger partial charge on any atom is 0.225 e. The van der Waals surface area contributed by atoms with Crippen LogP contribution in [0.1, 0.15) is 18.9 Å². The third kappa shape index (κ3) is 3.96. The summed E-state index contributed by atoms with van der Waals surface area (Å²) in [5.74, 6) is 0.509. The summed E-state index contributed by atoms with van der Waals surface area (Å²) in [6.07, 6.45) is 2.12. The lowest BCUT2D eigenvalue weighted by atomic mass is 10.2. The van der Waals surface area contributed by atoms with Crippen molar-refractivity contribution in [3.05, 3.63) is 53.2 Å². The first kappa shape index (κ1) is 14.3. The molecule has 1 amide bonds. The number of carbonyl (C=O) groups is 1. The number of hydrogen-bond acceptors (Lipinski definition) is 3. The average Bonchev–Trinajstić information content (AvgIpc) is 2.48. The minimum absolute atomic E-state index is 0.0470. The molecule has 0 atom stereocenters. The van der Waals surface area contributed by atoms with E-state index in [0.717, 1.165) is 16.3 Å². The Labute approximate surface area is 123 Å². The van der Waals surface area contributed by atoms with E-state index in [1.165, 1.54) is 0 Å². The van der Waals surface area contributed by atoms with Crippen molar-refractivity contribution in [3.8, 4) is 0 Å². The molecule has 0 aliphatic heterocycles. The summed E-state index contributed by atoms with van der Waals surface area (Å²) in [6, 6.07) is 11.3. The van der Waals surface area contributed by atoms with Crippen molar-refractivity contribution in [1.82, 2.24) is 4.98 Å². The minimum atomic E-state index is -0.0470. The van der Waals surface area contributed by atoms with E-state index in [9.17, 15) is 4.79 Å². The van der Waals surface area contributed by atoms with Gasteiger partial charge >= 0.3 is 0 Å². The molecule has 104 valence electrons. The number of hydrogen-bond donors (Lipinski definition) is 2. The second-order valence-corrected chi connectivity index (χ2v) is 4.69. The second-order valence-electron chi connectivity index (χ2n) is 4.28. The molecule has 0 bridgehead atoms. The van der Waals surface area contributed by atoms with Gasteiger partial charge in [0.25, 0.3) is 0 Å². The van der Waals surface area contributed by atoms with Gasteiger partial charge in [0, 0.05) is 18.0 Å². The average molecular weight is 290 g/mol. The molecule has 0 saturated carbocycles. The van der Waals surface area contributed by atoms with E-state index in [-0.39, 0.29) is 5.91 Å². The van der Waals surface area contributed by atoms with E-state index in [0.29, 0.717) is 18.8 Å². The van der Waals surface area contributed by atoms with Crippen LogP contribution in [0.4, 0.5) is 11.5 Å². The van der Waals surface area contributed by atoms with Crippen molar-refractivity contribution >= 4 is 29.0 Å². The van der Waals surface area contributed by atoms with Crippen molar-refractivity contribution < 1.29 is 4.79 Å². The van der Waals surface area contributed by atoms with Gasteiger partial charge in [-0.2, -0.15) is 0 Å². The van der Waals surface area contributed by atoms with Gasteiger partial charge in [-0.3, -0.25) is 4.79 Å². The molecule has 5 heteroatoms. The van der Waals surface area contributed by atoms with Crippen LogP contribution >= 0.6 is 11.6 Å². The highest BCUT2D eigenvalue weighted by Gasteiger charge is 2.01. The lowest BCUT2D eigenvalue weighted by Crippen LogP contribution is -2.10. The van der Waals surface area contributed by atoms with Crippen LogP contribution in [-0.2, 0) is 11.3 Å². The molecule has 2 rings (SSSR count). The number of rotatable bonds is 5. The molecule has 1 aromatic heterocycles. The summed E-state index contributed by atoms with van der Waals surface area (Å²) in [4.78, 5) is 15.4. The van der Waals surface area contributed by atoms with Crippen LogP contribution in [0.2, 0.25) is 5.02 Å². The van der Waals surface area contributed by atoms with Gasteiger partial charge in [0.2, 0.25) is 5.91 Å². The van der Waals surface area contributed by atoms with Gasteiger partial charge in [-0.15, -0.1) is 0 Å². The van der Waals surface area contributed by atoms with Crippen LogP contribution in [0.15, 0.2) is 42.6 Å². The van der Waals surface area contributed by atoms with Crippen LogP contribution in [-0.4, -0.2) is 10.9 Å². The van der Waals surface area contributed by atoms with Gasteiger partial charge < -0.3 is 10.6 Å². The Morgan fingerprint density at radius 3 is 2.70 bits per heavy atom. The molecule has 0 saturated heterocycles. The largest absolute Gasteiger partial charge is 0.380 e. The number of carbonyl (C=O) groups excluding carboxylic acids is 1. The van der Waals surface area contributed by atoms with Gasteiger partial charge in [0.15, 0.2) is 0 Å². The van der Waals surface area contributed by atoms with E-state index in [1.807, 2.05) is 30.3 Å². The molecule has 0 aliphatic rings. The van der Waals surface area contributed by atoms with Crippen molar-refractivity contribution in [2.75, 3.05) is 10.6 Å². The van der Waals surface area contributed by atoms with Gasteiger partial charge in [-0.25, -0.2) is 4.98 Å². The zero-order valence-corrected chi connectivity index (χ0v) is 11.9. The molecule has 1 heterocycles. The predicted octanol–water partition coefficient (Wildman–Crippen LogP) is 3.70. The standard InChI is InChI=1S/C15H16ClN3O/c1-2-15(20)19-14-8-7-12(10-18-14)17-9-11-5-3-4-6-13(11)16/h3-8,10,17H,2,9H2,1H3,(H,18,19,20). The maximum atomic E-state index is 11.2. The van der Waals surface area contributed by atoms with Gasteiger partial charge in [-0.05, 0) is 23.8 Å². The Balaban J connectivity index is 1.94. The first-order valence-electron chi connectivity index (χ1n) is 6.42. The number of aromatic nitrogens is 1. The van der Waals surface area contributed by atoms with Gasteiger partial charge in [0.1, 0.15) is 5.82 Å². The molecule has 0 aliphatic carbocycles. The van der Waals surface area contributed by atoms with Gasteiger partial charge in [-0.1, -0.05) is 36.7 Å². The molecule has 0 fully saturated rings. The number of pyridine rings is 1. The molecule has 0 unspecified atom stereocenters. The third-order valence-corrected chi connectivity index (χ3v) is 3.16. The summed E-state index contributed by atoms with van der Waals surface area (Å²) in [5.41, 5.74) is 1.90. The summed E-state index contributed by atoms with van der Waals surface area (Å²) < 4.78 is 0.